The molecule has 1 saturated heterocycles. The Balaban J connectivity index is 0.00000180. The first-order chi connectivity index (χ1) is 8.66. The summed E-state index contributed by atoms with van der Waals surface area (Å²) in [5.41, 5.74) is 0.431. The highest BCUT2D eigenvalue weighted by atomic mass is 35.5. The van der Waals surface area contributed by atoms with Crippen LogP contribution in [0.25, 0.3) is 0 Å². The van der Waals surface area contributed by atoms with E-state index in [4.69, 9.17) is 0 Å². The molecule has 1 fully saturated rings. The summed E-state index contributed by atoms with van der Waals surface area (Å²) < 4.78 is 0. The first kappa shape index (κ1) is 19.2. The minimum absolute atomic E-state index is 0. The second kappa shape index (κ2) is 8.45. The Morgan fingerprint density at radius 3 is 2.60 bits per heavy atom. The second-order valence-electron chi connectivity index (χ2n) is 5.09. The molecule has 0 aromatic carbocycles. The van der Waals surface area contributed by atoms with Gasteiger partial charge in [0, 0.05) is 18.9 Å². The molecule has 1 aromatic rings. The quantitative estimate of drug-likeness (QED) is 0.926. The number of nitrogens with zero attached hydrogens (tertiary/aromatic N) is 2. The molecule has 1 aromatic heterocycles. The van der Waals surface area contributed by atoms with Crippen molar-refractivity contribution in [2.24, 2.45) is 5.41 Å². The van der Waals surface area contributed by atoms with Crippen LogP contribution in [0.3, 0.4) is 0 Å². The van der Waals surface area contributed by atoms with Crippen LogP contribution in [-0.2, 0) is 11.2 Å². The lowest BCUT2D eigenvalue weighted by Gasteiger charge is -2.39. The third-order valence-electron chi connectivity index (χ3n) is 3.85. The van der Waals surface area contributed by atoms with Gasteiger partial charge in [-0.25, -0.2) is 0 Å². The molecule has 0 saturated carbocycles. The molecular formula is C14H22Cl2N2O2. The van der Waals surface area contributed by atoms with E-state index in [1.165, 1.54) is 0 Å². The summed E-state index contributed by atoms with van der Waals surface area (Å²) >= 11 is 0. The topological polar surface area (TPSA) is 53.4 Å². The Morgan fingerprint density at radius 2 is 2.05 bits per heavy atom. The molecule has 1 N–H and O–H groups in total. The summed E-state index contributed by atoms with van der Waals surface area (Å²) in [7, 11) is 0. The van der Waals surface area contributed by atoms with Crippen LogP contribution in [0.5, 0.6) is 0 Å². The molecule has 1 aliphatic heterocycles. The third kappa shape index (κ3) is 4.33. The van der Waals surface area contributed by atoms with Crippen molar-refractivity contribution in [3.63, 3.8) is 0 Å². The summed E-state index contributed by atoms with van der Waals surface area (Å²) in [6, 6.07) is 3.82. The minimum Gasteiger partial charge on any atom is -0.481 e. The van der Waals surface area contributed by atoms with Gasteiger partial charge >= 0.3 is 5.97 Å². The Bertz CT molecular complexity index is 417. The Hall–Kier alpha value is -0.840. The molecule has 20 heavy (non-hydrogen) atoms. The molecule has 4 nitrogen and oxygen atoms in total. The molecule has 0 spiro atoms. The monoisotopic (exact) mass is 320 g/mol. The van der Waals surface area contributed by atoms with Gasteiger partial charge in [-0.15, -0.1) is 24.8 Å². The fourth-order valence-corrected chi connectivity index (χ4v) is 2.78. The molecule has 2 rings (SSSR count). The van der Waals surface area contributed by atoms with E-state index in [0.717, 1.165) is 31.5 Å². The van der Waals surface area contributed by atoms with Crippen molar-refractivity contribution in [2.45, 2.75) is 26.2 Å². The standard InChI is InChI=1S/C14H20N2O2.2ClH/c1-2-16-9-3-6-14(11-16,13(17)18)10-12-4-7-15-8-5-12;;/h4-5,7-8H,2-3,6,9-11H2,1H3,(H,17,18);2*1H. The summed E-state index contributed by atoms with van der Waals surface area (Å²) in [4.78, 5) is 17.9. The number of aliphatic carboxylic acids is 1. The molecule has 1 atom stereocenters. The SMILES string of the molecule is CCN1CCCC(Cc2ccncc2)(C(=O)O)C1.Cl.Cl. The fourth-order valence-electron chi connectivity index (χ4n) is 2.78. The van der Waals surface area contributed by atoms with Gasteiger partial charge in [-0.2, -0.15) is 0 Å². The normalized spacial score (nSPS) is 22.4. The smallest absolute Gasteiger partial charge is 0.311 e. The molecule has 0 aliphatic carbocycles. The first-order valence-electron chi connectivity index (χ1n) is 6.51. The zero-order valence-electron chi connectivity index (χ0n) is 11.6. The number of halogens is 2. The lowest BCUT2D eigenvalue weighted by Crippen LogP contribution is -2.49. The zero-order valence-corrected chi connectivity index (χ0v) is 13.3. The van der Waals surface area contributed by atoms with Crippen molar-refractivity contribution in [2.75, 3.05) is 19.6 Å². The van der Waals surface area contributed by atoms with Gasteiger partial charge in [0.05, 0.1) is 5.41 Å². The van der Waals surface area contributed by atoms with Crippen LogP contribution in [0.4, 0.5) is 0 Å². The number of carbonyl (C=O) groups is 1. The Kier molecular flexibility index (Phi) is 8.09. The number of likely N-dealkylation sites (tertiary alicyclic amines) is 1. The van der Waals surface area contributed by atoms with Gasteiger partial charge in [-0.05, 0) is 50.0 Å². The van der Waals surface area contributed by atoms with Crippen molar-refractivity contribution >= 4 is 30.8 Å². The number of hydrogen-bond donors (Lipinski definition) is 1. The highest BCUT2D eigenvalue weighted by molar-refractivity contribution is 5.85. The van der Waals surface area contributed by atoms with E-state index in [0.29, 0.717) is 13.0 Å². The minimum atomic E-state index is -0.669. The molecule has 2 heterocycles. The van der Waals surface area contributed by atoms with Crippen molar-refractivity contribution in [3.05, 3.63) is 30.1 Å². The molecule has 1 aliphatic rings. The largest absolute Gasteiger partial charge is 0.481 e. The van der Waals surface area contributed by atoms with E-state index in [1.807, 2.05) is 12.1 Å². The number of carboxylic acid groups (broad SMARTS) is 1. The molecule has 0 amide bonds. The third-order valence-corrected chi connectivity index (χ3v) is 3.85. The van der Waals surface area contributed by atoms with Gasteiger partial charge in [-0.1, -0.05) is 6.92 Å². The van der Waals surface area contributed by atoms with E-state index in [2.05, 4.69) is 16.8 Å². The maximum absolute atomic E-state index is 11.7. The summed E-state index contributed by atoms with van der Waals surface area (Å²) in [5, 5.41) is 9.62. The molecule has 6 heteroatoms. The second-order valence-corrected chi connectivity index (χ2v) is 5.09. The Labute approximate surface area is 132 Å². The average Bonchev–Trinajstić information content (AvgIpc) is 2.40. The summed E-state index contributed by atoms with van der Waals surface area (Å²) in [6.07, 6.45) is 5.78. The molecule has 0 radical (unpaired) electrons. The van der Waals surface area contributed by atoms with Crippen molar-refractivity contribution in [1.29, 1.82) is 0 Å². The zero-order chi connectivity index (χ0) is 13.0. The lowest BCUT2D eigenvalue weighted by molar-refractivity contribution is -0.152. The van der Waals surface area contributed by atoms with E-state index < -0.39 is 11.4 Å². The van der Waals surface area contributed by atoms with Gasteiger partial charge in [0.1, 0.15) is 0 Å². The van der Waals surface area contributed by atoms with Gasteiger partial charge in [0.25, 0.3) is 0 Å². The fraction of sp³-hybridized carbons (Fsp3) is 0.571. The van der Waals surface area contributed by atoms with Crippen molar-refractivity contribution < 1.29 is 9.90 Å². The van der Waals surface area contributed by atoms with Crippen LogP contribution in [0.15, 0.2) is 24.5 Å². The van der Waals surface area contributed by atoms with E-state index >= 15 is 0 Å². The summed E-state index contributed by atoms with van der Waals surface area (Å²) in [5.74, 6) is -0.669. The van der Waals surface area contributed by atoms with E-state index in [9.17, 15) is 9.90 Å². The van der Waals surface area contributed by atoms with Crippen LogP contribution in [0.1, 0.15) is 25.3 Å². The number of aromatic nitrogens is 1. The maximum atomic E-state index is 11.7. The van der Waals surface area contributed by atoms with Gasteiger partial charge in [-0.3, -0.25) is 9.78 Å². The maximum Gasteiger partial charge on any atom is 0.311 e. The van der Waals surface area contributed by atoms with Gasteiger partial charge in [0.2, 0.25) is 0 Å². The molecular weight excluding hydrogens is 299 g/mol. The molecule has 1 unspecified atom stereocenters. The van der Waals surface area contributed by atoms with Crippen LogP contribution in [-0.4, -0.2) is 40.6 Å². The van der Waals surface area contributed by atoms with Crippen LogP contribution in [0.2, 0.25) is 0 Å². The number of rotatable bonds is 4. The molecule has 114 valence electrons. The number of pyridine rings is 1. The first-order valence-corrected chi connectivity index (χ1v) is 6.51. The predicted octanol–water partition coefficient (Wildman–Crippen LogP) is 2.65. The predicted molar refractivity (Wildman–Crippen MR) is 83.9 cm³/mol. The van der Waals surface area contributed by atoms with Gasteiger partial charge < -0.3 is 10.0 Å². The van der Waals surface area contributed by atoms with Crippen molar-refractivity contribution in [3.8, 4) is 0 Å². The number of carboxylic acids is 1. The lowest BCUT2D eigenvalue weighted by atomic mass is 9.75. The van der Waals surface area contributed by atoms with Crippen molar-refractivity contribution in [1.82, 2.24) is 9.88 Å². The van der Waals surface area contributed by atoms with Crippen LogP contribution >= 0.6 is 24.8 Å². The highest BCUT2D eigenvalue weighted by Crippen LogP contribution is 2.34. The highest BCUT2D eigenvalue weighted by Gasteiger charge is 2.41. The number of hydrogen-bond acceptors (Lipinski definition) is 3. The Morgan fingerprint density at radius 1 is 1.40 bits per heavy atom. The van der Waals surface area contributed by atoms with E-state index in [1.54, 1.807) is 12.4 Å². The van der Waals surface area contributed by atoms with E-state index in [-0.39, 0.29) is 24.8 Å². The molecule has 0 bridgehead atoms. The van der Waals surface area contributed by atoms with Crippen LogP contribution < -0.4 is 0 Å². The number of piperidine rings is 1. The van der Waals surface area contributed by atoms with Gasteiger partial charge in [0.15, 0.2) is 0 Å². The van der Waals surface area contributed by atoms with Crippen LogP contribution in [0, 0.1) is 5.41 Å². The average molecular weight is 321 g/mol. The summed E-state index contributed by atoms with van der Waals surface area (Å²) in [6.45, 7) is 4.68.